The zero-order valence-electron chi connectivity index (χ0n) is 16.8. The lowest BCUT2D eigenvalue weighted by Crippen LogP contribution is -2.41. The maximum Gasteiger partial charge on any atom is 0.416 e. The summed E-state index contributed by atoms with van der Waals surface area (Å²) in [5, 5.41) is 2.70. The number of alkyl halides is 3. The SMILES string of the molecule is Cc1nc2c(c(N3CCCCC3)n1)CN(C(=O)Nc1ccc(C(F)(F)F)cc1)CC2. The second-order valence-electron chi connectivity index (χ2n) is 7.74. The van der Waals surface area contributed by atoms with E-state index in [0.29, 0.717) is 25.2 Å². The average molecular weight is 419 g/mol. The van der Waals surface area contributed by atoms with Crippen LogP contribution in [0, 0.1) is 6.92 Å². The minimum atomic E-state index is -4.40. The van der Waals surface area contributed by atoms with Gasteiger partial charge in [-0.05, 0) is 50.5 Å². The summed E-state index contributed by atoms with van der Waals surface area (Å²) < 4.78 is 38.2. The zero-order chi connectivity index (χ0) is 21.3. The van der Waals surface area contributed by atoms with Crippen LogP contribution >= 0.6 is 0 Å². The highest BCUT2D eigenvalue weighted by molar-refractivity contribution is 5.89. The molecule has 3 heterocycles. The van der Waals surface area contributed by atoms with Crippen molar-refractivity contribution in [1.82, 2.24) is 14.9 Å². The number of urea groups is 1. The van der Waals surface area contributed by atoms with Crippen molar-refractivity contribution in [2.45, 2.75) is 45.3 Å². The van der Waals surface area contributed by atoms with Crippen LogP contribution in [0.1, 0.15) is 41.9 Å². The summed E-state index contributed by atoms with van der Waals surface area (Å²) in [6.07, 6.45) is -0.321. The lowest BCUT2D eigenvalue weighted by molar-refractivity contribution is -0.137. The molecule has 1 aromatic heterocycles. The first-order chi connectivity index (χ1) is 14.3. The Labute approximate surface area is 173 Å². The van der Waals surface area contributed by atoms with Gasteiger partial charge in [0.1, 0.15) is 11.6 Å². The Balaban J connectivity index is 1.50. The second kappa shape index (κ2) is 8.12. The number of carbonyl (C=O) groups excluding carboxylic acids is 1. The monoisotopic (exact) mass is 419 g/mol. The molecule has 1 N–H and O–H groups in total. The molecule has 0 spiro atoms. The van der Waals surface area contributed by atoms with Crippen molar-refractivity contribution in [3.8, 4) is 0 Å². The Bertz CT molecular complexity index is 923. The molecule has 0 saturated carbocycles. The Kier molecular flexibility index (Phi) is 5.53. The number of carbonyl (C=O) groups is 1. The van der Waals surface area contributed by atoms with E-state index in [2.05, 4.69) is 20.2 Å². The van der Waals surface area contributed by atoms with Gasteiger partial charge < -0.3 is 15.1 Å². The summed E-state index contributed by atoms with van der Waals surface area (Å²) in [6.45, 7) is 4.65. The van der Waals surface area contributed by atoms with Crippen LogP contribution in [0.3, 0.4) is 0 Å². The fourth-order valence-electron chi connectivity index (χ4n) is 4.00. The first-order valence-corrected chi connectivity index (χ1v) is 10.2. The van der Waals surface area contributed by atoms with Gasteiger partial charge in [0.25, 0.3) is 0 Å². The van der Waals surface area contributed by atoms with Crippen LogP contribution in [-0.4, -0.2) is 40.5 Å². The van der Waals surface area contributed by atoms with Crippen LogP contribution < -0.4 is 10.2 Å². The Morgan fingerprint density at radius 2 is 1.73 bits per heavy atom. The number of benzene rings is 1. The molecule has 1 saturated heterocycles. The topological polar surface area (TPSA) is 61.4 Å². The molecule has 2 aliphatic heterocycles. The molecule has 0 bridgehead atoms. The molecule has 9 heteroatoms. The van der Waals surface area contributed by atoms with E-state index in [1.54, 1.807) is 4.90 Å². The highest BCUT2D eigenvalue weighted by Crippen LogP contribution is 2.31. The van der Waals surface area contributed by atoms with E-state index in [-0.39, 0.29) is 6.03 Å². The van der Waals surface area contributed by atoms with E-state index in [4.69, 9.17) is 0 Å². The van der Waals surface area contributed by atoms with Crippen molar-refractivity contribution in [3.05, 3.63) is 46.9 Å². The average Bonchev–Trinajstić information content (AvgIpc) is 2.73. The third-order valence-corrected chi connectivity index (χ3v) is 5.56. The number of hydrogen-bond donors (Lipinski definition) is 1. The summed E-state index contributed by atoms with van der Waals surface area (Å²) in [5.41, 5.74) is 1.53. The van der Waals surface area contributed by atoms with E-state index in [0.717, 1.165) is 61.0 Å². The smallest absolute Gasteiger partial charge is 0.356 e. The number of aromatic nitrogens is 2. The van der Waals surface area contributed by atoms with Gasteiger partial charge in [0.2, 0.25) is 0 Å². The summed E-state index contributed by atoms with van der Waals surface area (Å²) in [5.74, 6) is 1.64. The van der Waals surface area contributed by atoms with E-state index in [1.165, 1.54) is 18.6 Å². The van der Waals surface area contributed by atoms with Crippen LogP contribution in [0.4, 0.5) is 29.5 Å². The summed E-state index contributed by atoms with van der Waals surface area (Å²) in [4.78, 5) is 25.9. The Morgan fingerprint density at radius 3 is 2.40 bits per heavy atom. The van der Waals surface area contributed by atoms with Crippen LogP contribution in [0.25, 0.3) is 0 Å². The highest BCUT2D eigenvalue weighted by Gasteiger charge is 2.30. The molecule has 6 nitrogen and oxygen atoms in total. The molecule has 2 amide bonds. The first-order valence-electron chi connectivity index (χ1n) is 10.2. The molecule has 160 valence electrons. The predicted octanol–water partition coefficient (Wildman–Crippen LogP) is 4.38. The van der Waals surface area contributed by atoms with Gasteiger partial charge in [0, 0.05) is 37.3 Å². The zero-order valence-corrected chi connectivity index (χ0v) is 16.8. The number of aryl methyl sites for hydroxylation is 1. The van der Waals surface area contributed by atoms with Gasteiger partial charge in [-0.15, -0.1) is 0 Å². The van der Waals surface area contributed by atoms with Crippen molar-refractivity contribution >= 4 is 17.5 Å². The molecular weight excluding hydrogens is 395 g/mol. The number of anilines is 2. The minimum Gasteiger partial charge on any atom is -0.356 e. The van der Waals surface area contributed by atoms with Gasteiger partial charge in [-0.2, -0.15) is 13.2 Å². The summed E-state index contributed by atoms with van der Waals surface area (Å²) in [7, 11) is 0. The number of rotatable bonds is 2. The van der Waals surface area contributed by atoms with E-state index in [1.807, 2.05) is 6.92 Å². The molecule has 0 aliphatic carbocycles. The van der Waals surface area contributed by atoms with Crippen molar-refractivity contribution < 1.29 is 18.0 Å². The molecule has 0 unspecified atom stereocenters. The lowest BCUT2D eigenvalue weighted by Gasteiger charge is -2.34. The predicted molar refractivity (Wildman–Crippen MR) is 107 cm³/mol. The highest BCUT2D eigenvalue weighted by atomic mass is 19.4. The van der Waals surface area contributed by atoms with Crippen LogP contribution in [0.5, 0.6) is 0 Å². The van der Waals surface area contributed by atoms with Crippen molar-refractivity contribution in [1.29, 1.82) is 0 Å². The summed E-state index contributed by atoms with van der Waals surface area (Å²) >= 11 is 0. The Morgan fingerprint density at radius 1 is 1.03 bits per heavy atom. The standard InChI is InChI=1S/C21H24F3N5O/c1-14-25-18-9-12-29(13-17(18)19(26-14)28-10-3-2-4-11-28)20(30)27-16-7-5-15(6-8-16)21(22,23)24/h5-8H,2-4,9-13H2,1H3,(H,27,30). The second-order valence-corrected chi connectivity index (χ2v) is 7.74. The van der Waals surface area contributed by atoms with Gasteiger partial charge in [0.15, 0.2) is 0 Å². The molecule has 1 fully saturated rings. The molecule has 4 rings (SSSR count). The summed E-state index contributed by atoms with van der Waals surface area (Å²) in [6, 6.07) is 4.12. The minimum absolute atomic E-state index is 0.329. The molecule has 2 aromatic rings. The number of fused-ring (bicyclic) bond motifs is 1. The van der Waals surface area contributed by atoms with Crippen LogP contribution in [-0.2, 0) is 19.1 Å². The van der Waals surface area contributed by atoms with Crippen LogP contribution in [0.15, 0.2) is 24.3 Å². The van der Waals surface area contributed by atoms with Gasteiger partial charge in [0.05, 0.1) is 17.8 Å². The van der Waals surface area contributed by atoms with E-state index in [9.17, 15) is 18.0 Å². The third kappa shape index (κ3) is 4.34. The number of halogens is 3. The van der Waals surface area contributed by atoms with Crippen molar-refractivity contribution in [2.75, 3.05) is 29.9 Å². The fraction of sp³-hybridized carbons (Fsp3) is 0.476. The quantitative estimate of drug-likeness (QED) is 0.785. The molecule has 0 radical (unpaired) electrons. The number of amides is 2. The van der Waals surface area contributed by atoms with Gasteiger partial charge in [-0.1, -0.05) is 0 Å². The molecule has 0 atom stereocenters. The maximum atomic E-state index is 12.8. The third-order valence-electron chi connectivity index (χ3n) is 5.56. The lowest BCUT2D eigenvalue weighted by atomic mass is 10.0. The number of nitrogens with zero attached hydrogens (tertiary/aromatic N) is 4. The largest absolute Gasteiger partial charge is 0.416 e. The van der Waals surface area contributed by atoms with Crippen LogP contribution in [0.2, 0.25) is 0 Å². The van der Waals surface area contributed by atoms with Crippen molar-refractivity contribution in [3.63, 3.8) is 0 Å². The number of nitrogens with one attached hydrogen (secondary N) is 1. The van der Waals surface area contributed by atoms with Crippen molar-refractivity contribution in [2.24, 2.45) is 0 Å². The Hall–Kier alpha value is -2.84. The molecule has 1 aromatic carbocycles. The van der Waals surface area contributed by atoms with Gasteiger partial charge >= 0.3 is 12.2 Å². The van der Waals surface area contributed by atoms with E-state index < -0.39 is 11.7 Å². The maximum absolute atomic E-state index is 12.8. The van der Waals surface area contributed by atoms with Gasteiger partial charge in [-0.3, -0.25) is 0 Å². The molecule has 30 heavy (non-hydrogen) atoms. The fourth-order valence-corrected chi connectivity index (χ4v) is 4.00. The number of piperidine rings is 1. The first kappa shape index (κ1) is 20.4. The van der Waals surface area contributed by atoms with E-state index >= 15 is 0 Å². The van der Waals surface area contributed by atoms with Gasteiger partial charge in [-0.25, -0.2) is 14.8 Å². The molecule has 2 aliphatic rings. The normalized spacial score (nSPS) is 16.9. The number of hydrogen-bond acceptors (Lipinski definition) is 4. The molecular formula is C21H24F3N5O.